The van der Waals surface area contributed by atoms with Crippen molar-refractivity contribution < 1.29 is 19.1 Å². The summed E-state index contributed by atoms with van der Waals surface area (Å²) in [6, 6.07) is 10.8. The van der Waals surface area contributed by atoms with Crippen LogP contribution in [0.2, 0.25) is 5.02 Å². The minimum absolute atomic E-state index is 0.139. The minimum Gasteiger partial charge on any atom is -0.444 e. The Kier molecular flexibility index (Phi) is 9.26. The number of carbonyl (C=O) groups is 3. The van der Waals surface area contributed by atoms with Gasteiger partial charge in [-0.25, -0.2) is 4.79 Å². The number of halogens is 1. The van der Waals surface area contributed by atoms with Crippen LogP contribution in [0.3, 0.4) is 0 Å². The second kappa shape index (κ2) is 12.0. The van der Waals surface area contributed by atoms with Crippen LogP contribution in [0, 0.1) is 12.8 Å². The lowest BCUT2D eigenvalue weighted by Crippen LogP contribution is -2.55. The largest absolute Gasteiger partial charge is 0.444 e. The summed E-state index contributed by atoms with van der Waals surface area (Å²) >= 11 is 6.42. The van der Waals surface area contributed by atoms with Gasteiger partial charge in [-0.05, 0) is 75.3 Å². The molecule has 2 aromatic carbocycles. The number of carbonyl (C=O) groups excluding carboxylic acids is 3. The van der Waals surface area contributed by atoms with Gasteiger partial charge in [0.25, 0.3) is 5.91 Å². The average molecular weight is 540 g/mol. The van der Waals surface area contributed by atoms with Gasteiger partial charge >= 0.3 is 6.09 Å². The van der Waals surface area contributed by atoms with Crippen LogP contribution in [0.15, 0.2) is 49.0 Å². The molecule has 0 radical (unpaired) electrons. The number of anilines is 1. The van der Waals surface area contributed by atoms with Crippen LogP contribution in [-0.2, 0) is 14.3 Å². The van der Waals surface area contributed by atoms with E-state index in [9.17, 15) is 14.4 Å². The molecule has 2 unspecified atom stereocenters. The number of hydrogen-bond donors (Lipinski definition) is 2. The first-order valence-electron chi connectivity index (χ1n) is 12.9. The zero-order valence-corrected chi connectivity index (χ0v) is 23.8. The molecule has 0 heterocycles. The van der Waals surface area contributed by atoms with Gasteiger partial charge in [0.15, 0.2) is 0 Å². The normalized spacial score (nSPS) is 14.8. The highest BCUT2D eigenvalue weighted by Gasteiger charge is 2.45. The van der Waals surface area contributed by atoms with Gasteiger partial charge in [0.1, 0.15) is 17.7 Å². The molecule has 0 bridgehead atoms. The van der Waals surface area contributed by atoms with E-state index in [-0.39, 0.29) is 23.8 Å². The summed E-state index contributed by atoms with van der Waals surface area (Å²) in [5, 5.41) is 6.13. The zero-order chi connectivity index (χ0) is 28.2. The third-order valence-corrected chi connectivity index (χ3v) is 6.57. The second-order valence-corrected chi connectivity index (χ2v) is 11.4. The van der Waals surface area contributed by atoms with Crippen molar-refractivity contribution in [3.8, 4) is 0 Å². The number of para-hydroxylation sites is 1. The van der Waals surface area contributed by atoms with E-state index in [0.29, 0.717) is 16.3 Å². The van der Waals surface area contributed by atoms with Crippen LogP contribution >= 0.6 is 11.6 Å². The Morgan fingerprint density at radius 2 is 1.79 bits per heavy atom. The van der Waals surface area contributed by atoms with E-state index in [4.69, 9.17) is 16.3 Å². The van der Waals surface area contributed by atoms with Gasteiger partial charge in [0.05, 0.1) is 10.7 Å². The summed E-state index contributed by atoms with van der Waals surface area (Å²) in [7, 11) is 0. The molecule has 38 heavy (non-hydrogen) atoms. The zero-order valence-electron chi connectivity index (χ0n) is 23.0. The molecule has 1 fully saturated rings. The number of benzene rings is 2. The monoisotopic (exact) mass is 539 g/mol. The summed E-state index contributed by atoms with van der Waals surface area (Å²) in [5.41, 5.74) is 2.06. The molecule has 204 valence electrons. The number of amides is 3. The summed E-state index contributed by atoms with van der Waals surface area (Å²) in [6.07, 6.45) is 2.54. The molecule has 0 saturated heterocycles. The second-order valence-electron chi connectivity index (χ2n) is 11.0. The summed E-state index contributed by atoms with van der Waals surface area (Å²) < 4.78 is 5.43. The standard InChI is InChI=1S/C30H38ClN3O4/c1-8-20-12-10-13-21(17-20)26(27(35)32-25-19(4)11-9-14-23(25)31)34(22-15-16-22)28(36)24(18(2)3)33-29(37)38-30(5,6)7/h8-14,17-18,22,24,26H,1,15-16H2,2-7H3,(H,32,35)(H,33,37). The molecule has 7 nitrogen and oxygen atoms in total. The van der Waals surface area contributed by atoms with Crippen LogP contribution < -0.4 is 10.6 Å². The molecule has 0 aliphatic heterocycles. The molecule has 2 aromatic rings. The Labute approximate surface area is 230 Å². The first-order chi connectivity index (χ1) is 17.8. The summed E-state index contributed by atoms with van der Waals surface area (Å²) in [6.45, 7) is 14.7. The molecule has 1 saturated carbocycles. The smallest absolute Gasteiger partial charge is 0.408 e. The van der Waals surface area contributed by atoms with Crippen molar-refractivity contribution in [2.24, 2.45) is 5.92 Å². The summed E-state index contributed by atoms with van der Waals surface area (Å²) in [4.78, 5) is 42.4. The third-order valence-electron chi connectivity index (χ3n) is 6.26. The van der Waals surface area contributed by atoms with Crippen LogP contribution in [0.4, 0.5) is 10.5 Å². The topological polar surface area (TPSA) is 87.7 Å². The van der Waals surface area contributed by atoms with E-state index in [1.807, 2.05) is 57.2 Å². The predicted molar refractivity (Wildman–Crippen MR) is 152 cm³/mol. The fourth-order valence-corrected chi connectivity index (χ4v) is 4.52. The number of aryl methyl sites for hydroxylation is 1. The van der Waals surface area contributed by atoms with Crippen molar-refractivity contribution >= 4 is 41.3 Å². The van der Waals surface area contributed by atoms with E-state index in [0.717, 1.165) is 24.0 Å². The van der Waals surface area contributed by atoms with Gasteiger partial charge in [-0.3, -0.25) is 9.59 Å². The van der Waals surface area contributed by atoms with Gasteiger partial charge in [-0.15, -0.1) is 0 Å². The predicted octanol–water partition coefficient (Wildman–Crippen LogP) is 6.51. The maximum atomic E-state index is 14.2. The lowest BCUT2D eigenvalue weighted by Gasteiger charge is -2.36. The third kappa shape index (κ3) is 7.38. The van der Waals surface area contributed by atoms with Crippen molar-refractivity contribution in [3.63, 3.8) is 0 Å². The number of ether oxygens (including phenoxy) is 1. The minimum atomic E-state index is -0.952. The molecule has 0 aromatic heterocycles. The maximum absolute atomic E-state index is 14.2. The molecule has 3 amide bonds. The van der Waals surface area contributed by atoms with Gasteiger partial charge in [0, 0.05) is 6.04 Å². The molecule has 0 spiro atoms. The fraction of sp³-hybridized carbons (Fsp3) is 0.433. The fourth-order valence-electron chi connectivity index (χ4n) is 4.26. The quantitative estimate of drug-likeness (QED) is 0.380. The molecule has 2 N–H and O–H groups in total. The molecule has 1 aliphatic rings. The van der Waals surface area contributed by atoms with Crippen LogP contribution in [0.25, 0.3) is 6.08 Å². The summed E-state index contributed by atoms with van der Waals surface area (Å²) in [5.74, 6) is -0.971. The number of hydrogen-bond acceptors (Lipinski definition) is 4. The highest BCUT2D eigenvalue weighted by Crippen LogP contribution is 2.37. The van der Waals surface area contributed by atoms with Gasteiger partial charge in [-0.2, -0.15) is 0 Å². The van der Waals surface area contributed by atoms with Gasteiger partial charge < -0.3 is 20.3 Å². The molecule has 3 rings (SSSR count). The Balaban J connectivity index is 2.04. The first-order valence-corrected chi connectivity index (χ1v) is 13.3. The highest BCUT2D eigenvalue weighted by atomic mass is 35.5. The van der Waals surface area contributed by atoms with Crippen molar-refractivity contribution in [3.05, 3.63) is 70.8 Å². The molecular weight excluding hydrogens is 502 g/mol. The van der Waals surface area contributed by atoms with E-state index in [2.05, 4.69) is 17.2 Å². The van der Waals surface area contributed by atoms with E-state index >= 15 is 0 Å². The van der Waals surface area contributed by atoms with Crippen molar-refractivity contribution in [2.75, 3.05) is 5.32 Å². The Morgan fingerprint density at radius 1 is 1.13 bits per heavy atom. The SMILES string of the molecule is C=Cc1cccc(C(C(=O)Nc2c(C)cccc2Cl)N(C(=O)C(NC(=O)OC(C)(C)C)C(C)C)C2CC2)c1. The van der Waals surface area contributed by atoms with E-state index < -0.39 is 23.8 Å². The van der Waals surface area contributed by atoms with Crippen LogP contribution in [0.5, 0.6) is 0 Å². The van der Waals surface area contributed by atoms with Gasteiger partial charge in [0.2, 0.25) is 5.91 Å². The molecule has 8 heteroatoms. The van der Waals surface area contributed by atoms with Crippen LogP contribution in [-0.4, -0.2) is 40.5 Å². The van der Waals surface area contributed by atoms with Crippen molar-refractivity contribution in [1.82, 2.24) is 10.2 Å². The highest BCUT2D eigenvalue weighted by molar-refractivity contribution is 6.34. The van der Waals surface area contributed by atoms with E-state index in [1.165, 1.54) is 0 Å². The lowest BCUT2D eigenvalue weighted by atomic mass is 9.97. The maximum Gasteiger partial charge on any atom is 0.408 e. The molecule has 2 atom stereocenters. The Morgan fingerprint density at radius 3 is 2.34 bits per heavy atom. The average Bonchev–Trinajstić information content (AvgIpc) is 3.66. The first kappa shape index (κ1) is 29.2. The van der Waals surface area contributed by atoms with Gasteiger partial charge in [-0.1, -0.05) is 68.4 Å². The molecule has 1 aliphatic carbocycles. The number of nitrogens with one attached hydrogen (secondary N) is 2. The Bertz CT molecular complexity index is 1180. The Hall–Kier alpha value is -3.32. The number of rotatable bonds is 9. The van der Waals surface area contributed by atoms with Crippen molar-refractivity contribution in [2.45, 2.75) is 78.1 Å². The van der Waals surface area contributed by atoms with E-state index in [1.54, 1.807) is 37.8 Å². The lowest BCUT2D eigenvalue weighted by molar-refractivity contribution is -0.142. The van der Waals surface area contributed by atoms with Crippen molar-refractivity contribution in [1.29, 1.82) is 0 Å². The van der Waals surface area contributed by atoms with Crippen LogP contribution in [0.1, 0.15) is 70.2 Å². The number of nitrogens with zero attached hydrogens (tertiary/aromatic N) is 1. The number of alkyl carbamates (subject to hydrolysis) is 1. The molecular formula is C30H38ClN3O4.